The van der Waals surface area contributed by atoms with Crippen LogP contribution in [0.4, 0.5) is 0 Å². The summed E-state index contributed by atoms with van der Waals surface area (Å²) >= 11 is 0. The quantitative estimate of drug-likeness (QED) is 0.745. The minimum atomic E-state index is -2.99. The van der Waals surface area contributed by atoms with Crippen molar-refractivity contribution in [1.82, 2.24) is 5.32 Å². The Morgan fingerprint density at radius 2 is 2.20 bits per heavy atom. The smallest absolute Gasteiger partial charge is 0.150 e. The van der Waals surface area contributed by atoms with Crippen molar-refractivity contribution in [2.75, 3.05) is 24.6 Å². The van der Waals surface area contributed by atoms with Crippen LogP contribution in [0.3, 0.4) is 0 Å². The Bertz CT molecular complexity index is 305. The van der Waals surface area contributed by atoms with Crippen molar-refractivity contribution in [3.05, 3.63) is 0 Å². The van der Waals surface area contributed by atoms with Crippen LogP contribution in [-0.2, 0) is 14.6 Å². The van der Waals surface area contributed by atoms with Gasteiger partial charge < -0.3 is 5.32 Å². The van der Waals surface area contributed by atoms with E-state index in [2.05, 4.69) is 5.32 Å². The van der Waals surface area contributed by atoms with Crippen molar-refractivity contribution in [3.8, 4) is 0 Å². The molecule has 0 bridgehead atoms. The Balaban J connectivity index is 2.35. The summed E-state index contributed by atoms with van der Waals surface area (Å²) in [6.45, 7) is 3.30. The minimum Gasteiger partial charge on any atom is -0.316 e. The first-order valence-electron chi connectivity index (χ1n) is 5.49. The molecule has 15 heavy (non-hydrogen) atoms. The standard InChI is InChI=1S/C10H19NO3S/c1-2-15(13,14)7-5-10(12)9-4-3-6-11-8-9/h9,11H,2-8H2,1H3. The Morgan fingerprint density at radius 3 is 2.73 bits per heavy atom. The molecule has 88 valence electrons. The molecule has 1 heterocycles. The lowest BCUT2D eigenvalue weighted by atomic mass is 9.94. The molecule has 0 saturated carbocycles. The van der Waals surface area contributed by atoms with Gasteiger partial charge in [-0.15, -0.1) is 0 Å². The average Bonchev–Trinajstić information content (AvgIpc) is 2.27. The van der Waals surface area contributed by atoms with Crippen LogP contribution in [0.15, 0.2) is 0 Å². The maximum atomic E-state index is 11.7. The van der Waals surface area contributed by atoms with E-state index in [0.29, 0.717) is 6.54 Å². The van der Waals surface area contributed by atoms with Crippen LogP contribution in [0, 0.1) is 5.92 Å². The van der Waals surface area contributed by atoms with Gasteiger partial charge in [0.25, 0.3) is 0 Å². The zero-order valence-corrected chi connectivity index (χ0v) is 9.98. The molecule has 0 radical (unpaired) electrons. The second-order valence-corrected chi connectivity index (χ2v) is 6.47. The van der Waals surface area contributed by atoms with Gasteiger partial charge in [0.05, 0.1) is 5.75 Å². The molecule has 0 aromatic rings. The minimum absolute atomic E-state index is 0.0127. The molecule has 1 atom stereocenters. The molecule has 4 nitrogen and oxygen atoms in total. The van der Waals surface area contributed by atoms with E-state index < -0.39 is 9.84 Å². The van der Waals surface area contributed by atoms with Gasteiger partial charge in [-0.25, -0.2) is 8.42 Å². The van der Waals surface area contributed by atoms with Crippen LogP contribution in [0.25, 0.3) is 0 Å². The van der Waals surface area contributed by atoms with E-state index in [1.807, 2.05) is 0 Å². The molecule has 1 fully saturated rings. The van der Waals surface area contributed by atoms with Crippen LogP contribution in [-0.4, -0.2) is 38.8 Å². The van der Waals surface area contributed by atoms with Crippen molar-refractivity contribution in [1.29, 1.82) is 0 Å². The molecule has 1 aliphatic heterocycles. The fraction of sp³-hybridized carbons (Fsp3) is 0.900. The number of sulfone groups is 1. The highest BCUT2D eigenvalue weighted by atomic mass is 32.2. The van der Waals surface area contributed by atoms with Crippen molar-refractivity contribution >= 4 is 15.6 Å². The summed E-state index contributed by atoms with van der Waals surface area (Å²) in [6, 6.07) is 0. The SMILES string of the molecule is CCS(=O)(=O)CCC(=O)C1CCCNC1. The van der Waals surface area contributed by atoms with E-state index in [9.17, 15) is 13.2 Å². The van der Waals surface area contributed by atoms with Gasteiger partial charge in [0, 0.05) is 24.6 Å². The number of hydrogen-bond acceptors (Lipinski definition) is 4. The molecule has 0 amide bonds. The molecule has 1 aliphatic rings. The number of hydrogen-bond donors (Lipinski definition) is 1. The van der Waals surface area contributed by atoms with Crippen LogP contribution >= 0.6 is 0 Å². The lowest BCUT2D eigenvalue weighted by Gasteiger charge is -2.21. The van der Waals surface area contributed by atoms with Gasteiger partial charge in [0.2, 0.25) is 0 Å². The fourth-order valence-corrected chi connectivity index (χ4v) is 2.53. The Kier molecular flexibility index (Phi) is 4.73. The van der Waals surface area contributed by atoms with Gasteiger partial charge >= 0.3 is 0 Å². The Hall–Kier alpha value is -0.420. The predicted molar refractivity (Wildman–Crippen MR) is 59.5 cm³/mol. The number of rotatable bonds is 5. The maximum Gasteiger partial charge on any atom is 0.150 e. The van der Waals surface area contributed by atoms with Crippen LogP contribution < -0.4 is 5.32 Å². The molecule has 0 aromatic heterocycles. The zero-order chi connectivity index (χ0) is 11.3. The first-order valence-corrected chi connectivity index (χ1v) is 7.31. The number of ketones is 1. The molecule has 0 aromatic carbocycles. The Morgan fingerprint density at radius 1 is 1.47 bits per heavy atom. The van der Waals surface area contributed by atoms with Crippen molar-refractivity contribution in [3.63, 3.8) is 0 Å². The van der Waals surface area contributed by atoms with Crippen LogP contribution in [0.2, 0.25) is 0 Å². The number of piperidine rings is 1. The molecule has 5 heteroatoms. The molecular formula is C10H19NO3S. The van der Waals surface area contributed by atoms with Gasteiger partial charge in [-0.3, -0.25) is 4.79 Å². The normalized spacial score (nSPS) is 22.6. The van der Waals surface area contributed by atoms with E-state index in [0.717, 1.165) is 19.4 Å². The lowest BCUT2D eigenvalue weighted by Crippen LogP contribution is -2.35. The van der Waals surface area contributed by atoms with E-state index in [1.165, 1.54) is 0 Å². The van der Waals surface area contributed by atoms with Crippen molar-refractivity contribution in [2.24, 2.45) is 5.92 Å². The second-order valence-electron chi connectivity index (χ2n) is 4.00. The highest BCUT2D eigenvalue weighted by molar-refractivity contribution is 7.91. The van der Waals surface area contributed by atoms with Gasteiger partial charge in [0.15, 0.2) is 0 Å². The number of carbonyl (C=O) groups is 1. The molecule has 0 spiro atoms. The van der Waals surface area contributed by atoms with Gasteiger partial charge in [-0.2, -0.15) is 0 Å². The largest absolute Gasteiger partial charge is 0.316 e. The third-order valence-electron chi connectivity index (χ3n) is 2.85. The summed E-state index contributed by atoms with van der Waals surface area (Å²) in [5.74, 6) is 0.271. The first-order chi connectivity index (χ1) is 7.05. The van der Waals surface area contributed by atoms with E-state index in [4.69, 9.17) is 0 Å². The fourth-order valence-electron chi connectivity index (χ4n) is 1.73. The van der Waals surface area contributed by atoms with Crippen LogP contribution in [0.5, 0.6) is 0 Å². The predicted octanol–water partition coefficient (Wildman–Crippen LogP) is 0.380. The summed E-state index contributed by atoms with van der Waals surface area (Å²) < 4.78 is 22.4. The van der Waals surface area contributed by atoms with Crippen molar-refractivity contribution < 1.29 is 13.2 Å². The molecule has 1 rings (SSSR count). The van der Waals surface area contributed by atoms with E-state index >= 15 is 0 Å². The van der Waals surface area contributed by atoms with Gasteiger partial charge in [-0.05, 0) is 19.4 Å². The highest BCUT2D eigenvalue weighted by Crippen LogP contribution is 2.13. The summed E-state index contributed by atoms with van der Waals surface area (Å²) in [4.78, 5) is 11.7. The summed E-state index contributed by atoms with van der Waals surface area (Å²) in [6.07, 6.45) is 2.09. The molecular weight excluding hydrogens is 214 g/mol. The summed E-state index contributed by atoms with van der Waals surface area (Å²) in [5.41, 5.74) is 0. The van der Waals surface area contributed by atoms with Gasteiger partial charge in [0.1, 0.15) is 15.6 Å². The third-order valence-corrected chi connectivity index (χ3v) is 4.56. The number of carbonyl (C=O) groups excluding carboxylic acids is 1. The molecule has 1 unspecified atom stereocenters. The molecule has 0 aliphatic carbocycles. The maximum absolute atomic E-state index is 11.7. The second kappa shape index (κ2) is 5.61. The summed E-state index contributed by atoms with van der Waals surface area (Å²) in [5, 5.41) is 3.16. The topological polar surface area (TPSA) is 63.2 Å². The molecule has 1 saturated heterocycles. The monoisotopic (exact) mass is 233 g/mol. The van der Waals surface area contributed by atoms with E-state index in [-0.39, 0.29) is 29.6 Å². The third kappa shape index (κ3) is 4.30. The Labute approximate surface area is 91.4 Å². The average molecular weight is 233 g/mol. The first kappa shape index (κ1) is 12.6. The zero-order valence-electron chi connectivity index (χ0n) is 9.16. The van der Waals surface area contributed by atoms with Gasteiger partial charge in [-0.1, -0.05) is 6.92 Å². The van der Waals surface area contributed by atoms with E-state index in [1.54, 1.807) is 6.92 Å². The number of Topliss-reactive ketones (excluding diaryl/α,β-unsaturated/α-hetero) is 1. The lowest BCUT2D eigenvalue weighted by molar-refractivity contribution is -0.122. The molecule has 1 N–H and O–H groups in total. The highest BCUT2D eigenvalue weighted by Gasteiger charge is 2.22. The summed E-state index contributed by atoms with van der Waals surface area (Å²) in [7, 11) is -2.99. The number of nitrogens with one attached hydrogen (secondary N) is 1. The van der Waals surface area contributed by atoms with Crippen LogP contribution in [0.1, 0.15) is 26.2 Å². The van der Waals surface area contributed by atoms with Crippen molar-refractivity contribution in [2.45, 2.75) is 26.2 Å².